The van der Waals surface area contributed by atoms with Crippen LogP contribution in [0.2, 0.25) is 0 Å². The predicted octanol–water partition coefficient (Wildman–Crippen LogP) is 2.87. The first-order chi connectivity index (χ1) is 10.1. The Morgan fingerprint density at radius 2 is 1.90 bits per heavy atom. The first kappa shape index (κ1) is 15.3. The molecular formula is C15H15BrN2O3. The number of amidine groups is 1. The van der Waals surface area contributed by atoms with E-state index in [0.717, 1.165) is 10.0 Å². The lowest BCUT2D eigenvalue weighted by Gasteiger charge is -2.11. The van der Waals surface area contributed by atoms with E-state index in [1.54, 1.807) is 12.1 Å². The third-order valence-corrected chi connectivity index (χ3v) is 3.37. The fourth-order valence-electron chi connectivity index (χ4n) is 1.83. The summed E-state index contributed by atoms with van der Waals surface area (Å²) in [5.41, 5.74) is 7.17. The Kier molecular flexibility index (Phi) is 5.19. The van der Waals surface area contributed by atoms with E-state index in [1.165, 1.54) is 0 Å². The minimum Gasteiger partial charge on any atom is -0.457 e. The van der Waals surface area contributed by atoms with Gasteiger partial charge in [-0.15, -0.1) is 0 Å². The molecule has 0 saturated heterocycles. The number of aliphatic hydroxyl groups excluding tert-OH is 1. The van der Waals surface area contributed by atoms with Gasteiger partial charge in [0.2, 0.25) is 0 Å². The standard InChI is InChI=1S/C15H15BrN2O3/c16-11-3-6-14(13(9-11)15(17)18-20)21-12-4-1-10(2-5-12)7-8-19/h1-6,9,19-20H,7-8H2,(H2,17,18). The van der Waals surface area contributed by atoms with Gasteiger partial charge in [-0.2, -0.15) is 0 Å². The third kappa shape index (κ3) is 3.96. The van der Waals surface area contributed by atoms with Crippen LogP contribution in [-0.4, -0.2) is 22.8 Å². The molecule has 110 valence electrons. The van der Waals surface area contributed by atoms with E-state index >= 15 is 0 Å². The molecule has 0 heterocycles. The van der Waals surface area contributed by atoms with Crippen molar-refractivity contribution in [2.45, 2.75) is 6.42 Å². The van der Waals surface area contributed by atoms with Crippen LogP contribution in [0.15, 0.2) is 52.1 Å². The van der Waals surface area contributed by atoms with Crippen LogP contribution in [0.3, 0.4) is 0 Å². The Hall–Kier alpha value is -2.05. The molecule has 0 spiro atoms. The highest BCUT2D eigenvalue weighted by molar-refractivity contribution is 9.10. The molecule has 0 bridgehead atoms. The Labute approximate surface area is 130 Å². The summed E-state index contributed by atoms with van der Waals surface area (Å²) in [5.74, 6) is 1.10. The van der Waals surface area contributed by atoms with Crippen molar-refractivity contribution in [1.82, 2.24) is 0 Å². The summed E-state index contributed by atoms with van der Waals surface area (Å²) in [6.45, 7) is 0.112. The molecule has 0 atom stereocenters. The van der Waals surface area contributed by atoms with Crippen LogP contribution in [-0.2, 0) is 6.42 Å². The van der Waals surface area contributed by atoms with Crippen LogP contribution in [0.5, 0.6) is 11.5 Å². The molecule has 0 aliphatic carbocycles. The van der Waals surface area contributed by atoms with E-state index in [0.29, 0.717) is 23.5 Å². The number of nitrogens with two attached hydrogens (primary N) is 1. The first-order valence-electron chi connectivity index (χ1n) is 6.29. The molecule has 21 heavy (non-hydrogen) atoms. The van der Waals surface area contributed by atoms with Crippen molar-refractivity contribution in [2.24, 2.45) is 10.9 Å². The van der Waals surface area contributed by atoms with Gasteiger partial charge >= 0.3 is 0 Å². The van der Waals surface area contributed by atoms with Gasteiger partial charge in [-0.3, -0.25) is 0 Å². The van der Waals surface area contributed by atoms with Crippen LogP contribution in [0, 0.1) is 0 Å². The fourth-order valence-corrected chi connectivity index (χ4v) is 2.19. The number of benzene rings is 2. The lowest BCUT2D eigenvalue weighted by Crippen LogP contribution is -2.14. The number of hydrogen-bond donors (Lipinski definition) is 3. The van der Waals surface area contributed by atoms with Crippen molar-refractivity contribution in [3.8, 4) is 11.5 Å². The van der Waals surface area contributed by atoms with Gasteiger partial charge in [-0.1, -0.05) is 33.2 Å². The largest absolute Gasteiger partial charge is 0.457 e. The monoisotopic (exact) mass is 350 g/mol. The van der Waals surface area contributed by atoms with Gasteiger partial charge < -0.3 is 20.8 Å². The van der Waals surface area contributed by atoms with Gasteiger partial charge in [0.05, 0.1) is 5.56 Å². The molecule has 0 aliphatic rings. The zero-order valence-corrected chi connectivity index (χ0v) is 12.7. The molecule has 0 saturated carbocycles. The molecule has 5 nitrogen and oxygen atoms in total. The summed E-state index contributed by atoms with van der Waals surface area (Å²) in [6, 6.07) is 12.6. The van der Waals surface area contributed by atoms with Gasteiger partial charge in [-0.05, 0) is 42.3 Å². The molecule has 2 aromatic carbocycles. The molecule has 0 fully saturated rings. The van der Waals surface area contributed by atoms with Crippen molar-refractivity contribution in [2.75, 3.05) is 6.61 Å². The highest BCUT2D eigenvalue weighted by atomic mass is 79.9. The van der Waals surface area contributed by atoms with Crippen LogP contribution < -0.4 is 10.5 Å². The maximum atomic E-state index is 8.89. The van der Waals surface area contributed by atoms with E-state index in [2.05, 4.69) is 21.1 Å². The van der Waals surface area contributed by atoms with Crippen molar-refractivity contribution >= 4 is 21.8 Å². The summed E-state index contributed by atoms with van der Waals surface area (Å²) in [5, 5.41) is 20.7. The summed E-state index contributed by atoms with van der Waals surface area (Å²) < 4.78 is 6.57. The van der Waals surface area contributed by atoms with E-state index in [9.17, 15) is 0 Å². The predicted molar refractivity (Wildman–Crippen MR) is 84.0 cm³/mol. The van der Waals surface area contributed by atoms with E-state index < -0.39 is 0 Å². The number of nitrogens with zero attached hydrogens (tertiary/aromatic N) is 1. The Bertz CT molecular complexity index is 642. The molecule has 0 aliphatic heterocycles. The number of oxime groups is 1. The van der Waals surface area contributed by atoms with E-state index in [-0.39, 0.29) is 12.4 Å². The Morgan fingerprint density at radius 1 is 1.19 bits per heavy atom. The fraction of sp³-hybridized carbons (Fsp3) is 0.133. The average Bonchev–Trinajstić information content (AvgIpc) is 2.50. The molecule has 0 amide bonds. The highest BCUT2D eigenvalue weighted by Crippen LogP contribution is 2.28. The molecule has 0 unspecified atom stereocenters. The summed E-state index contributed by atoms with van der Waals surface area (Å²) in [4.78, 5) is 0. The molecule has 6 heteroatoms. The van der Waals surface area contributed by atoms with Gasteiger partial charge in [0.15, 0.2) is 5.84 Å². The molecular weight excluding hydrogens is 336 g/mol. The molecule has 0 radical (unpaired) electrons. The van der Waals surface area contributed by atoms with Crippen molar-refractivity contribution in [3.63, 3.8) is 0 Å². The summed E-state index contributed by atoms with van der Waals surface area (Å²) in [7, 11) is 0. The van der Waals surface area contributed by atoms with Crippen molar-refractivity contribution < 1.29 is 15.1 Å². The van der Waals surface area contributed by atoms with Gasteiger partial charge in [0.25, 0.3) is 0 Å². The second-order valence-electron chi connectivity index (χ2n) is 4.35. The second-order valence-corrected chi connectivity index (χ2v) is 5.26. The number of aliphatic hydroxyl groups is 1. The normalized spacial score (nSPS) is 11.4. The first-order valence-corrected chi connectivity index (χ1v) is 7.08. The lowest BCUT2D eigenvalue weighted by atomic mass is 10.1. The quantitative estimate of drug-likeness (QED) is 0.335. The van der Waals surface area contributed by atoms with Crippen LogP contribution in [0.25, 0.3) is 0 Å². The average molecular weight is 351 g/mol. The van der Waals surface area contributed by atoms with Gasteiger partial charge in [0, 0.05) is 11.1 Å². The number of rotatable bonds is 5. The van der Waals surface area contributed by atoms with Crippen LogP contribution >= 0.6 is 15.9 Å². The topological polar surface area (TPSA) is 88.1 Å². The molecule has 2 aromatic rings. The van der Waals surface area contributed by atoms with Crippen LogP contribution in [0.1, 0.15) is 11.1 Å². The number of halogens is 1. The molecule has 4 N–H and O–H groups in total. The van der Waals surface area contributed by atoms with Gasteiger partial charge in [0.1, 0.15) is 11.5 Å². The zero-order chi connectivity index (χ0) is 15.2. The lowest BCUT2D eigenvalue weighted by molar-refractivity contribution is 0.299. The van der Waals surface area contributed by atoms with Crippen molar-refractivity contribution in [3.05, 3.63) is 58.1 Å². The van der Waals surface area contributed by atoms with Crippen LogP contribution in [0.4, 0.5) is 0 Å². The second kappa shape index (κ2) is 7.10. The summed E-state index contributed by atoms with van der Waals surface area (Å²) >= 11 is 3.33. The number of ether oxygens (including phenoxy) is 1. The summed E-state index contributed by atoms with van der Waals surface area (Å²) in [6.07, 6.45) is 0.605. The SMILES string of the molecule is N/C(=N/O)c1cc(Br)ccc1Oc1ccc(CCO)cc1. The maximum Gasteiger partial charge on any atom is 0.173 e. The Balaban J connectivity index is 2.26. The minimum atomic E-state index is -0.0248. The smallest absolute Gasteiger partial charge is 0.173 e. The highest BCUT2D eigenvalue weighted by Gasteiger charge is 2.10. The Morgan fingerprint density at radius 3 is 2.52 bits per heavy atom. The maximum absolute atomic E-state index is 8.89. The third-order valence-electron chi connectivity index (χ3n) is 2.88. The zero-order valence-electron chi connectivity index (χ0n) is 11.2. The van der Waals surface area contributed by atoms with E-state index in [4.69, 9.17) is 20.8 Å². The molecule has 0 aromatic heterocycles. The van der Waals surface area contributed by atoms with Crippen molar-refractivity contribution in [1.29, 1.82) is 0 Å². The molecule has 2 rings (SSSR count). The van der Waals surface area contributed by atoms with E-state index in [1.807, 2.05) is 30.3 Å². The van der Waals surface area contributed by atoms with Gasteiger partial charge in [-0.25, -0.2) is 0 Å². The number of hydrogen-bond acceptors (Lipinski definition) is 4. The minimum absolute atomic E-state index is 0.0248.